The van der Waals surface area contributed by atoms with Gasteiger partial charge in [0.05, 0.1) is 31.0 Å². The number of fused-ring (bicyclic) bond motifs is 1. The summed E-state index contributed by atoms with van der Waals surface area (Å²) in [5.41, 5.74) is 13.3. The molecule has 1 aliphatic rings. The van der Waals surface area contributed by atoms with E-state index < -0.39 is 5.97 Å². The number of nitrogens with one attached hydrogen (secondary N) is 1. The number of rotatable bonds is 8. The molecule has 0 bridgehead atoms. The summed E-state index contributed by atoms with van der Waals surface area (Å²) in [6.45, 7) is 8.39. The van der Waals surface area contributed by atoms with E-state index in [0.717, 1.165) is 33.5 Å². The van der Waals surface area contributed by atoms with E-state index in [9.17, 15) is 4.79 Å². The molecule has 5 rings (SSSR count). The number of carbonyl (C=O) groups excluding carboxylic acids is 1. The lowest BCUT2D eigenvalue weighted by Gasteiger charge is -2.33. The van der Waals surface area contributed by atoms with Crippen LogP contribution in [0.4, 0.5) is 11.4 Å². The fourth-order valence-electron chi connectivity index (χ4n) is 5.38. The second-order valence-corrected chi connectivity index (χ2v) is 10.8. The van der Waals surface area contributed by atoms with Gasteiger partial charge in [-0.05, 0) is 81.3 Å². The molecule has 4 aromatic rings. The number of allylic oxidation sites excluding steroid dienone is 1. The molecule has 8 heteroatoms. The van der Waals surface area contributed by atoms with E-state index in [1.54, 1.807) is 69.8 Å². The summed E-state index contributed by atoms with van der Waals surface area (Å²) in [6.07, 6.45) is 3.85. The predicted molar refractivity (Wildman–Crippen MR) is 165 cm³/mol. The van der Waals surface area contributed by atoms with Crippen LogP contribution in [0.1, 0.15) is 48.0 Å². The molecular weight excluding hydrogens is 530 g/mol. The second-order valence-electron chi connectivity index (χ2n) is 10.8. The molecule has 0 aliphatic carbocycles. The molecule has 0 fully saturated rings. The van der Waals surface area contributed by atoms with Crippen LogP contribution in [0.5, 0.6) is 23.0 Å². The second kappa shape index (κ2) is 11.5. The lowest BCUT2D eigenvalue weighted by atomic mass is 9.85. The first-order chi connectivity index (χ1) is 20.1. The summed E-state index contributed by atoms with van der Waals surface area (Å²) in [5, 5.41) is 3.62. The van der Waals surface area contributed by atoms with Crippen molar-refractivity contribution in [2.75, 3.05) is 25.3 Å². The molecule has 0 radical (unpaired) electrons. The van der Waals surface area contributed by atoms with Gasteiger partial charge in [0.25, 0.3) is 0 Å². The Morgan fingerprint density at radius 3 is 2.43 bits per heavy atom. The fraction of sp³-hybridized carbons (Fsp3) is 0.235. The molecule has 1 aliphatic heterocycles. The van der Waals surface area contributed by atoms with E-state index in [1.807, 2.05) is 6.07 Å². The SMILES string of the molecule is COc1ccc(N)cc1OCc1c(-c2ccc(OC(=O)c3cccnc3C)cc2OC)ccc2c1C(C)=CC(C)(C)N2. The van der Waals surface area contributed by atoms with Gasteiger partial charge < -0.3 is 30.0 Å². The van der Waals surface area contributed by atoms with Crippen molar-refractivity contribution in [2.45, 2.75) is 39.8 Å². The van der Waals surface area contributed by atoms with Crippen LogP contribution in [-0.4, -0.2) is 30.7 Å². The van der Waals surface area contributed by atoms with Crippen LogP contribution in [0.2, 0.25) is 0 Å². The highest BCUT2D eigenvalue weighted by Gasteiger charge is 2.27. The lowest BCUT2D eigenvalue weighted by Crippen LogP contribution is -2.32. The number of hydrogen-bond donors (Lipinski definition) is 2. The summed E-state index contributed by atoms with van der Waals surface area (Å²) in [4.78, 5) is 17.0. The Bertz CT molecular complexity index is 1690. The van der Waals surface area contributed by atoms with Gasteiger partial charge in [-0.15, -0.1) is 0 Å². The molecule has 3 N–H and O–H groups in total. The van der Waals surface area contributed by atoms with Gasteiger partial charge in [-0.2, -0.15) is 0 Å². The van der Waals surface area contributed by atoms with E-state index in [-0.39, 0.29) is 12.1 Å². The van der Waals surface area contributed by atoms with E-state index in [4.69, 9.17) is 24.7 Å². The zero-order valence-electron chi connectivity index (χ0n) is 24.7. The summed E-state index contributed by atoms with van der Waals surface area (Å²) in [6, 6.07) is 18.2. The van der Waals surface area contributed by atoms with Crippen molar-refractivity contribution in [3.63, 3.8) is 0 Å². The Balaban J connectivity index is 1.57. The Morgan fingerprint density at radius 2 is 1.69 bits per heavy atom. The largest absolute Gasteiger partial charge is 0.496 e. The smallest absolute Gasteiger partial charge is 0.345 e. The molecule has 0 amide bonds. The highest BCUT2D eigenvalue weighted by atomic mass is 16.5. The number of carbonyl (C=O) groups is 1. The minimum absolute atomic E-state index is 0.205. The molecule has 0 atom stereocenters. The number of aryl methyl sites for hydroxylation is 1. The van der Waals surface area contributed by atoms with E-state index >= 15 is 0 Å². The first-order valence-corrected chi connectivity index (χ1v) is 13.6. The Kier molecular flexibility index (Phi) is 7.81. The number of nitrogens with two attached hydrogens (primary N) is 1. The van der Waals surface area contributed by atoms with Crippen LogP contribution >= 0.6 is 0 Å². The van der Waals surface area contributed by atoms with Crippen molar-refractivity contribution >= 4 is 22.9 Å². The first kappa shape index (κ1) is 28.5. The Labute approximate surface area is 246 Å². The van der Waals surface area contributed by atoms with Gasteiger partial charge in [-0.25, -0.2) is 4.79 Å². The summed E-state index contributed by atoms with van der Waals surface area (Å²) >= 11 is 0. The van der Waals surface area contributed by atoms with Crippen LogP contribution in [0, 0.1) is 6.92 Å². The maximum absolute atomic E-state index is 12.8. The summed E-state index contributed by atoms with van der Waals surface area (Å²) < 4.78 is 23.4. The van der Waals surface area contributed by atoms with Gasteiger partial charge in [0.15, 0.2) is 11.5 Å². The Morgan fingerprint density at radius 1 is 0.929 bits per heavy atom. The average Bonchev–Trinajstić information content (AvgIpc) is 2.95. The van der Waals surface area contributed by atoms with Crippen molar-refractivity contribution in [3.05, 3.63) is 95.3 Å². The standard InChI is InChI=1S/C34H35N3O5/c1-20-18-34(3,4)37-28-13-12-25(27(32(20)28)19-41-31-16-22(35)9-14-29(31)39-5)26-11-10-23(17-30(26)40-6)42-33(38)24-8-7-15-36-21(24)2/h7-18,37H,19,35H2,1-6H3. The highest BCUT2D eigenvalue weighted by molar-refractivity contribution is 5.92. The number of nitrogens with zero attached hydrogens (tertiary/aromatic N) is 1. The molecule has 0 saturated carbocycles. The van der Waals surface area contributed by atoms with Gasteiger partial charge in [0, 0.05) is 46.4 Å². The molecule has 1 aromatic heterocycles. The number of hydrogen-bond acceptors (Lipinski definition) is 8. The van der Waals surface area contributed by atoms with E-state index in [0.29, 0.717) is 39.9 Å². The maximum atomic E-state index is 12.8. The number of aromatic nitrogens is 1. The first-order valence-electron chi connectivity index (χ1n) is 13.6. The third kappa shape index (κ3) is 5.74. The van der Waals surface area contributed by atoms with Gasteiger partial charge >= 0.3 is 5.97 Å². The molecule has 0 spiro atoms. The van der Waals surface area contributed by atoms with Crippen LogP contribution in [-0.2, 0) is 6.61 Å². The van der Waals surface area contributed by atoms with Crippen molar-refractivity contribution < 1.29 is 23.7 Å². The number of nitrogen functional groups attached to an aromatic ring is 1. The monoisotopic (exact) mass is 565 g/mol. The molecule has 0 unspecified atom stereocenters. The highest BCUT2D eigenvalue weighted by Crippen LogP contribution is 2.44. The molecule has 3 aromatic carbocycles. The maximum Gasteiger partial charge on any atom is 0.345 e. The lowest BCUT2D eigenvalue weighted by molar-refractivity contribution is 0.0733. The normalized spacial score (nSPS) is 13.3. The minimum Gasteiger partial charge on any atom is -0.496 e. The number of anilines is 2. The van der Waals surface area contributed by atoms with Crippen molar-refractivity contribution in [3.8, 4) is 34.1 Å². The molecule has 2 heterocycles. The van der Waals surface area contributed by atoms with Crippen LogP contribution in [0.15, 0.2) is 72.9 Å². The number of methoxy groups -OCH3 is 2. The number of benzene rings is 3. The van der Waals surface area contributed by atoms with Crippen molar-refractivity contribution in [1.82, 2.24) is 4.98 Å². The molecule has 42 heavy (non-hydrogen) atoms. The molecular formula is C34H35N3O5. The van der Waals surface area contributed by atoms with Crippen LogP contribution in [0.3, 0.4) is 0 Å². The molecule has 216 valence electrons. The summed E-state index contributed by atoms with van der Waals surface area (Å²) in [7, 11) is 3.19. The van der Waals surface area contributed by atoms with Gasteiger partial charge in [0.2, 0.25) is 0 Å². The molecule has 0 saturated heterocycles. The Hall–Kier alpha value is -4.98. The van der Waals surface area contributed by atoms with Gasteiger partial charge in [-0.3, -0.25) is 4.98 Å². The minimum atomic E-state index is -0.483. The van der Waals surface area contributed by atoms with E-state index in [2.05, 4.69) is 49.3 Å². The number of pyridine rings is 1. The van der Waals surface area contributed by atoms with Crippen molar-refractivity contribution in [1.29, 1.82) is 0 Å². The fourth-order valence-corrected chi connectivity index (χ4v) is 5.38. The number of ether oxygens (including phenoxy) is 4. The van der Waals surface area contributed by atoms with Crippen molar-refractivity contribution in [2.24, 2.45) is 0 Å². The van der Waals surface area contributed by atoms with E-state index in [1.165, 1.54) is 0 Å². The van der Waals surface area contributed by atoms with Gasteiger partial charge in [0.1, 0.15) is 18.1 Å². The van der Waals surface area contributed by atoms with Crippen LogP contribution < -0.4 is 30.0 Å². The third-order valence-corrected chi connectivity index (χ3v) is 7.20. The zero-order valence-corrected chi connectivity index (χ0v) is 24.7. The van der Waals surface area contributed by atoms with Gasteiger partial charge in [-0.1, -0.05) is 12.1 Å². The zero-order chi connectivity index (χ0) is 30.0. The predicted octanol–water partition coefficient (Wildman–Crippen LogP) is 7.06. The quantitative estimate of drug-likeness (QED) is 0.133. The topological polar surface area (TPSA) is 105 Å². The summed E-state index contributed by atoms with van der Waals surface area (Å²) in [5.74, 6) is 1.57. The third-order valence-electron chi connectivity index (χ3n) is 7.20. The average molecular weight is 566 g/mol. The van der Waals surface area contributed by atoms with Crippen LogP contribution in [0.25, 0.3) is 16.7 Å². The molecule has 8 nitrogen and oxygen atoms in total. The number of esters is 1.